The number of anilines is 1. The van der Waals surface area contributed by atoms with Crippen LogP contribution in [0.1, 0.15) is 5.56 Å². The van der Waals surface area contributed by atoms with Crippen molar-refractivity contribution in [3.05, 3.63) is 77.0 Å². The molecule has 0 saturated carbocycles. The molecule has 0 amide bonds. The summed E-state index contributed by atoms with van der Waals surface area (Å²) in [6, 6.07) is 12.6. The van der Waals surface area contributed by atoms with Crippen molar-refractivity contribution in [2.45, 2.75) is 6.92 Å². The minimum Gasteiger partial charge on any atom is -0.506 e. The number of benzene rings is 2. The van der Waals surface area contributed by atoms with Crippen molar-refractivity contribution in [3.63, 3.8) is 0 Å². The molecular weight excluding hydrogens is 324 g/mol. The number of allylic oxidation sites excluding steroid dienone is 3. The van der Waals surface area contributed by atoms with E-state index in [0.29, 0.717) is 17.1 Å². The summed E-state index contributed by atoms with van der Waals surface area (Å²) in [6.45, 7) is 2.01. The van der Waals surface area contributed by atoms with Gasteiger partial charge in [0.05, 0.1) is 22.1 Å². The van der Waals surface area contributed by atoms with Gasteiger partial charge in [-0.15, -0.1) is 0 Å². The lowest BCUT2D eigenvalue weighted by Gasteiger charge is -2.14. The molecule has 0 aromatic heterocycles. The van der Waals surface area contributed by atoms with E-state index in [0.717, 1.165) is 11.3 Å². The quantitative estimate of drug-likeness (QED) is 0.806. The molecule has 3 rings (SSSR count). The Labute approximate surface area is 144 Å². The molecule has 2 aromatic rings. The Morgan fingerprint density at radius 3 is 2.54 bits per heavy atom. The maximum Gasteiger partial charge on any atom is 0.180 e. The number of hydrogen-bond acceptors (Lipinski definition) is 4. The number of nitrogens with one attached hydrogen (secondary N) is 1. The summed E-state index contributed by atoms with van der Waals surface area (Å²) in [7, 11) is 0. The molecule has 0 fully saturated rings. The van der Waals surface area contributed by atoms with E-state index in [9.17, 15) is 9.90 Å². The Balaban J connectivity index is 1.92. The number of hydrogen-bond donors (Lipinski definition) is 2. The minimum atomic E-state index is -0.104. The first-order valence-corrected chi connectivity index (χ1v) is 7.74. The molecule has 0 heterocycles. The van der Waals surface area contributed by atoms with Gasteiger partial charge in [0.1, 0.15) is 5.75 Å². The molecule has 0 unspecified atom stereocenters. The molecular formula is C19H15ClN2O2. The van der Waals surface area contributed by atoms with Gasteiger partial charge in [-0.05, 0) is 49.4 Å². The summed E-state index contributed by atoms with van der Waals surface area (Å²) >= 11 is 5.91. The summed E-state index contributed by atoms with van der Waals surface area (Å²) in [5.74, 6) is -0.101. The summed E-state index contributed by atoms with van der Waals surface area (Å²) in [5, 5.41) is 12.9. The second kappa shape index (κ2) is 6.72. The molecule has 5 heteroatoms. The van der Waals surface area contributed by atoms with Crippen LogP contribution in [0.5, 0.6) is 5.75 Å². The summed E-state index contributed by atoms with van der Waals surface area (Å²) in [6.07, 6.45) is 4.61. The van der Waals surface area contributed by atoms with Gasteiger partial charge in [-0.1, -0.05) is 29.3 Å². The van der Waals surface area contributed by atoms with Crippen LogP contribution in [0, 0.1) is 6.92 Å². The average Bonchev–Trinajstić information content (AvgIpc) is 2.55. The predicted molar refractivity (Wildman–Crippen MR) is 97.2 cm³/mol. The second-order valence-corrected chi connectivity index (χ2v) is 5.82. The van der Waals surface area contributed by atoms with Gasteiger partial charge in [-0.3, -0.25) is 4.79 Å². The van der Waals surface area contributed by atoms with Crippen molar-refractivity contribution in [1.82, 2.24) is 0 Å². The summed E-state index contributed by atoms with van der Waals surface area (Å²) in [5.41, 5.74) is 3.82. The second-order valence-electron chi connectivity index (χ2n) is 5.42. The predicted octanol–water partition coefficient (Wildman–Crippen LogP) is 4.56. The first-order valence-electron chi connectivity index (χ1n) is 7.36. The van der Waals surface area contributed by atoms with E-state index in [4.69, 9.17) is 11.6 Å². The number of carbonyl (C=O) groups is 1. The largest absolute Gasteiger partial charge is 0.506 e. The SMILES string of the molecule is Cc1ccc(NC2=CC(=O)C=CC2=Nc2ccc(O)c(Cl)c2)cc1. The third-order valence-corrected chi connectivity index (χ3v) is 3.78. The third-order valence-electron chi connectivity index (χ3n) is 3.48. The Hall–Kier alpha value is -2.85. The van der Waals surface area contributed by atoms with Crippen molar-refractivity contribution >= 4 is 34.5 Å². The van der Waals surface area contributed by atoms with E-state index >= 15 is 0 Å². The highest BCUT2D eigenvalue weighted by atomic mass is 35.5. The van der Waals surface area contributed by atoms with Gasteiger partial charge in [-0.25, -0.2) is 4.99 Å². The van der Waals surface area contributed by atoms with E-state index in [2.05, 4.69) is 10.3 Å². The Morgan fingerprint density at radius 2 is 1.83 bits per heavy atom. The Kier molecular flexibility index (Phi) is 4.49. The number of aryl methyl sites for hydroxylation is 1. The fourth-order valence-corrected chi connectivity index (χ4v) is 2.38. The van der Waals surface area contributed by atoms with Crippen LogP contribution < -0.4 is 5.32 Å². The molecule has 2 N–H and O–H groups in total. The molecule has 2 aromatic carbocycles. The summed E-state index contributed by atoms with van der Waals surface area (Å²) < 4.78 is 0. The molecule has 0 spiro atoms. The van der Waals surface area contributed by atoms with Crippen LogP contribution in [0.4, 0.5) is 11.4 Å². The molecule has 24 heavy (non-hydrogen) atoms. The van der Waals surface area contributed by atoms with Gasteiger partial charge in [0.2, 0.25) is 0 Å². The first-order chi connectivity index (χ1) is 11.5. The normalized spacial score (nSPS) is 15.5. The van der Waals surface area contributed by atoms with Crippen LogP contribution in [0.2, 0.25) is 5.02 Å². The van der Waals surface area contributed by atoms with Gasteiger partial charge < -0.3 is 10.4 Å². The van der Waals surface area contributed by atoms with Gasteiger partial charge in [-0.2, -0.15) is 0 Å². The Bertz CT molecular complexity index is 881. The monoisotopic (exact) mass is 338 g/mol. The number of carbonyl (C=O) groups excluding carboxylic acids is 1. The first kappa shape index (κ1) is 16.0. The van der Waals surface area contributed by atoms with Crippen LogP contribution >= 0.6 is 11.6 Å². The Morgan fingerprint density at radius 1 is 1.08 bits per heavy atom. The number of aromatic hydroxyl groups is 1. The fraction of sp³-hybridized carbons (Fsp3) is 0.0526. The lowest BCUT2D eigenvalue weighted by atomic mass is 10.1. The van der Waals surface area contributed by atoms with E-state index in [1.54, 1.807) is 18.2 Å². The van der Waals surface area contributed by atoms with E-state index in [-0.39, 0.29) is 16.6 Å². The van der Waals surface area contributed by atoms with Crippen LogP contribution in [0.25, 0.3) is 0 Å². The lowest BCUT2D eigenvalue weighted by molar-refractivity contribution is -0.110. The van der Waals surface area contributed by atoms with Crippen LogP contribution in [-0.2, 0) is 4.79 Å². The molecule has 0 aliphatic heterocycles. The van der Waals surface area contributed by atoms with Gasteiger partial charge in [0.25, 0.3) is 0 Å². The van der Waals surface area contributed by atoms with Crippen molar-refractivity contribution in [3.8, 4) is 5.75 Å². The maximum absolute atomic E-state index is 11.7. The summed E-state index contributed by atoms with van der Waals surface area (Å²) in [4.78, 5) is 16.2. The molecule has 0 saturated heterocycles. The molecule has 1 aliphatic rings. The molecule has 120 valence electrons. The van der Waals surface area contributed by atoms with Crippen molar-refractivity contribution < 1.29 is 9.90 Å². The number of ketones is 1. The maximum atomic E-state index is 11.7. The minimum absolute atomic E-state index is 0.00327. The molecule has 0 atom stereocenters. The van der Waals surface area contributed by atoms with E-state index in [1.165, 1.54) is 18.2 Å². The highest BCUT2D eigenvalue weighted by Gasteiger charge is 2.12. The van der Waals surface area contributed by atoms with Crippen molar-refractivity contribution in [2.75, 3.05) is 5.32 Å². The fourth-order valence-electron chi connectivity index (χ4n) is 2.21. The number of phenolic OH excluding ortho intramolecular Hbond substituents is 1. The number of halogens is 1. The zero-order valence-corrected chi connectivity index (χ0v) is 13.7. The molecule has 0 bridgehead atoms. The van der Waals surface area contributed by atoms with Gasteiger partial charge >= 0.3 is 0 Å². The number of rotatable bonds is 3. The molecule has 1 aliphatic carbocycles. The highest BCUT2D eigenvalue weighted by molar-refractivity contribution is 6.32. The van der Waals surface area contributed by atoms with Gasteiger partial charge in [0.15, 0.2) is 5.78 Å². The van der Waals surface area contributed by atoms with Crippen molar-refractivity contribution in [1.29, 1.82) is 0 Å². The number of aliphatic imine (C=N–C) groups is 1. The third kappa shape index (κ3) is 3.73. The number of phenols is 1. The molecule has 0 radical (unpaired) electrons. The van der Waals surface area contributed by atoms with Crippen LogP contribution in [0.3, 0.4) is 0 Å². The molecule has 4 nitrogen and oxygen atoms in total. The van der Waals surface area contributed by atoms with Crippen LogP contribution in [0.15, 0.2) is 71.4 Å². The highest BCUT2D eigenvalue weighted by Crippen LogP contribution is 2.28. The topological polar surface area (TPSA) is 61.7 Å². The van der Waals surface area contributed by atoms with Crippen LogP contribution in [-0.4, -0.2) is 16.6 Å². The standard InChI is InChI=1S/C19H15ClN2O2/c1-12-2-4-13(5-3-12)21-18-11-15(23)7-8-17(18)22-14-6-9-19(24)16(20)10-14/h2-11,21,24H,1H3. The van der Waals surface area contributed by atoms with E-state index < -0.39 is 0 Å². The zero-order chi connectivity index (χ0) is 17.1. The van der Waals surface area contributed by atoms with Crippen molar-refractivity contribution in [2.24, 2.45) is 4.99 Å². The smallest absolute Gasteiger partial charge is 0.180 e. The van der Waals surface area contributed by atoms with Gasteiger partial charge in [0, 0.05) is 11.8 Å². The lowest BCUT2D eigenvalue weighted by Crippen LogP contribution is -2.15. The number of nitrogens with zero attached hydrogens (tertiary/aromatic N) is 1. The zero-order valence-electron chi connectivity index (χ0n) is 13.0. The average molecular weight is 339 g/mol. The van der Waals surface area contributed by atoms with E-state index in [1.807, 2.05) is 31.2 Å².